The number of fused-ring (bicyclic) bond motifs is 1. The monoisotopic (exact) mass is 425 g/mol. The van der Waals surface area contributed by atoms with Gasteiger partial charge in [0.15, 0.2) is 0 Å². The summed E-state index contributed by atoms with van der Waals surface area (Å²) in [6, 6.07) is 5.56. The number of amides is 2. The summed E-state index contributed by atoms with van der Waals surface area (Å²) in [5.41, 5.74) is 0.534. The minimum absolute atomic E-state index is 0.0486. The average Bonchev–Trinajstić information content (AvgIpc) is 2.94. The molecule has 1 saturated carbocycles. The van der Waals surface area contributed by atoms with Crippen LogP contribution in [0.15, 0.2) is 36.5 Å². The number of hydrogen-bond acceptors (Lipinski definition) is 3. The largest absolute Gasteiger partial charge is 0.416 e. The Bertz CT molecular complexity index is 1010. The van der Waals surface area contributed by atoms with Crippen LogP contribution < -0.4 is 10.2 Å². The van der Waals surface area contributed by atoms with Crippen LogP contribution in [0.25, 0.3) is 11.1 Å². The van der Waals surface area contributed by atoms with Crippen molar-refractivity contribution >= 4 is 17.5 Å². The molecule has 158 valence electrons. The second-order valence-electron chi connectivity index (χ2n) is 7.45. The van der Waals surface area contributed by atoms with Crippen LogP contribution in [0.4, 0.5) is 27.6 Å². The maximum absolute atomic E-state index is 13.0. The molecule has 30 heavy (non-hydrogen) atoms. The molecule has 0 atom stereocenters. The minimum Gasteiger partial charge on any atom is -0.351 e. The normalized spacial score (nSPS) is 18.2. The van der Waals surface area contributed by atoms with E-state index in [2.05, 4.69) is 10.3 Å². The van der Waals surface area contributed by atoms with Crippen LogP contribution in [0.2, 0.25) is 0 Å². The number of nitrogens with zero attached hydrogens (tertiary/aromatic N) is 2. The van der Waals surface area contributed by atoms with Crippen molar-refractivity contribution in [1.29, 1.82) is 0 Å². The number of carbonyl (C=O) groups is 2. The quantitative estimate of drug-likeness (QED) is 0.762. The Labute approximate surface area is 167 Å². The number of alkyl halides is 5. The third-order valence-electron chi connectivity index (χ3n) is 5.14. The van der Waals surface area contributed by atoms with E-state index in [1.54, 1.807) is 0 Å². The van der Waals surface area contributed by atoms with E-state index in [1.165, 1.54) is 29.3 Å². The van der Waals surface area contributed by atoms with E-state index < -0.39 is 48.4 Å². The molecular formula is C20H16F5N3O2. The molecule has 1 aromatic heterocycles. The van der Waals surface area contributed by atoms with Gasteiger partial charge in [-0.3, -0.25) is 14.6 Å². The lowest BCUT2D eigenvalue weighted by molar-refractivity contribution is -0.137. The van der Waals surface area contributed by atoms with Gasteiger partial charge < -0.3 is 10.2 Å². The highest BCUT2D eigenvalue weighted by Gasteiger charge is 2.46. The van der Waals surface area contributed by atoms with Gasteiger partial charge in [0, 0.05) is 30.6 Å². The van der Waals surface area contributed by atoms with Crippen molar-refractivity contribution in [3.63, 3.8) is 0 Å². The van der Waals surface area contributed by atoms with E-state index in [9.17, 15) is 31.5 Å². The van der Waals surface area contributed by atoms with Crippen molar-refractivity contribution < 1.29 is 31.5 Å². The Kier molecular flexibility index (Phi) is 4.74. The lowest BCUT2D eigenvalue weighted by Crippen LogP contribution is -2.52. The SMILES string of the molecule is O=C(CN1C(=O)Cc2ncc(-c3cccc(C(F)(F)F)c3)cc21)NC1CC(F)(F)C1. The molecular weight excluding hydrogens is 409 g/mol. The lowest BCUT2D eigenvalue weighted by Gasteiger charge is -2.35. The fourth-order valence-electron chi connectivity index (χ4n) is 3.61. The number of anilines is 1. The highest BCUT2D eigenvalue weighted by atomic mass is 19.4. The van der Waals surface area contributed by atoms with E-state index in [0.717, 1.165) is 12.1 Å². The van der Waals surface area contributed by atoms with Crippen molar-refractivity contribution in [3.8, 4) is 11.1 Å². The molecule has 0 spiro atoms. The highest BCUT2D eigenvalue weighted by Crippen LogP contribution is 2.38. The van der Waals surface area contributed by atoms with E-state index in [0.29, 0.717) is 16.9 Å². The predicted octanol–water partition coefficient (Wildman–Crippen LogP) is 3.57. The summed E-state index contributed by atoms with van der Waals surface area (Å²) in [4.78, 5) is 29.8. The van der Waals surface area contributed by atoms with E-state index in [-0.39, 0.29) is 18.5 Å². The third kappa shape index (κ3) is 3.99. The Balaban J connectivity index is 1.54. The minimum atomic E-state index is -4.50. The number of carbonyl (C=O) groups excluding carboxylic acids is 2. The van der Waals surface area contributed by atoms with Crippen molar-refractivity contribution in [2.24, 2.45) is 0 Å². The first-order valence-electron chi connectivity index (χ1n) is 9.16. The molecule has 2 aliphatic rings. The number of halogens is 5. The fourth-order valence-corrected chi connectivity index (χ4v) is 3.61. The van der Waals surface area contributed by atoms with Gasteiger partial charge in [0.05, 0.1) is 23.4 Å². The maximum Gasteiger partial charge on any atom is 0.416 e. The number of rotatable bonds is 4. The van der Waals surface area contributed by atoms with Gasteiger partial charge in [-0.1, -0.05) is 12.1 Å². The molecule has 1 aliphatic carbocycles. The van der Waals surface area contributed by atoms with Gasteiger partial charge in [0.1, 0.15) is 6.54 Å². The van der Waals surface area contributed by atoms with Crippen molar-refractivity contribution in [1.82, 2.24) is 10.3 Å². The zero-order valence-corrected chi connectivity index (χ0v) is 15.5. The van der Waals surface area contributed by atoms with Crippen LogP contribution in [0.1, 0.15) is 24.1 Å². The summed E-state index contributed by atoms with van der Waals surface area (Å²) >= 11 is 0. The molecule has 4 rings (SSSR count). The summed E-state index contributed by atoms with van der Waals surface area (Å²) in [5, 5.41) is 2.46. The first kappa shape index (κ1) is 20.2. The van der Waals surface area contributed by atoms with E-state index in [4.69, 9.17) is 0 Å². The molecule has 5 nitrogen and oxygen atoms in total. The molecule has 0 radical (unpaired) electrons. The fraction of sp³-hybridized carbons (Fsp3) is 0.350. The maximum atomic E-state index is 13.0. The number of nitrogens with one attached hydrogen (secondary N) is 1. The van der Waals surface area contributed by atoms with Gasteiger partial charge in [-0.05, 0) is 23.8 Å². The van der Waals surface area contributed by atoms with Crippen LogP contribution >= 0.6 is 0 Å². The molecule has 1 aliphatic heterocycles. The number of hydrogen-bond donors (Lipinski definition) is 1. The van der Waals surface area contributed by atoms with Gasteiger partial charge in [0.2, 0.25) is 11.8 Å². The average molecular weight is 425 g/mol. The van der Waals surface area contributed by atoms with Gasteiger partial charge in [-0.15, -0.1) is 0 Å². The molecule has 0 bridgehead atoms. The van der Waals surface area contributed by atoms with Crippen molar-refractivity contribution in [2.75, 3.05) is 11.4 Å². The van der Waals surface area contributed by atoms with Gasteiger partial charge in [-0.25, -0.2) is 8.78 Å². The highest BCUT2D eigenvalue weighted by molar-refractivity contribution is 6.05. The number of benzene rings is 1. The predicted molar refractivity (Wildman–Crippen MR) is 96.8 cm³/mol. The summed E-state index contributed by atoms with van der Waals surface area (Å²) < 4.78 is 64.8. The third-order valence-corrected chi connectivity index (χ3v) is 5.14. The lowest BCUT2D eigenvalue weighted by atomic mass is 9.88. The Morgan fingerprint density at radius 2 is 1.93 bits per heavy atom. The first-order valence-corrected chi connectivity index (χ1v) is 9.16. The molecule has 0 saturated heterocycles. The van der Waals surface area contributed by atoms with Crippen LogP contribution in [0, 0.1) is 0 Å². The van der Waals surface area contributed by atoms with Crippen molar-refractivity contribution in [3.05, 3.63) is 47.8 Å². The van der Waals surface area contributed by atoms with E-state index >= 15 is 0 Å². The molecule has 1 aromatic carbocycles. The number of aromatic nitrogens is 1. The smallest absolute Gasteiger partial charge is 0.351 e. The molecule has 1 fully saturated rings. The first-order chi connectivity index (χ1) is 14.0. The van der Waals surface area contributed by atoms with E-state index in [1.807, 2.05) is 0 Å². The van der Waals surface area contributed by atoms with Crippen LogP contribution in [0.5, 0.6) is 0 Å². The molecule has 2 heterocycles. The van der Waals surface area contributed by atoms with Gasteiger partial charge in [-0.2, -0.15) is 13.2 Å². The second kappa shape index (κ2) is 7.03. The van der Waals surface area contributed by atoms with Crippen LogP contribution in [0.3, 0.4) is 0 Å². The summed E-state index contributed by atoms with van der Waals surface area (Å²) in [6.07, 6.45) is -4.05. The molecule has 0 unspecified atom stereocenters. The summed E-state index contributed by atoms with van der Waals surface area (Å²) in [7, 11) is 0. The Hall–Kier alpha value is -3.04. The molecule has 1 N–H and O–H groups in total. The summed E-state index contributed by atoms with van der Waals surface area (Å²) in [5.74, 6) is -3.76. The van der Waals surface area contributed by atoms with Crippen molar-refractivity contribution in [2.45, 2.75) is 37.4 Å². The zero-order valence-electron chi connectivity index (χ0n) is 15.5. The standard InChI is InChI=1S/C20H16F5N3O2/c21-19(22)7-14(8-19)27-17(29)10-28-16-5-12(9-26-15(16)6-18(28)30)11-2-1-3-13(4-11)20(23,24)25/h1-5,9,14H,6-8,10H2,(H,27,29). The summed E-state index contributed by atoms with van der Waals surface area (Å²) in [6.45, 7) is -0.373. The number of pyridine rings is 1. The van der Waals surface area contributed by atoms with Gasteiger partial charge in [0.25, 0.3) is 5.92 Å². The molecule has 2 amide bonds. The van der Waals surface area contributed by atoms with Crippen LogP contribution in [-0.2, 0) is 22.2 Å². The second-order valence-corrected chi connectivity index (χ2v) is 7.45. The Morgan fingerprint density at radius 3 is 2.60 bits per heavy atom. The topological polar surface area (TPSA) is 62.3 Å². The molecule has 10 heteroatoms. The molecule has 2 aromatic rings. The van der Waals surface area contributed by atoms with Crippen LogP contribution in [-0.4, -0.2) is 35.3 Å². The van der Waals surface area contributed by atoms with Gasteiger partial charge >= 0.3 is 6.18 Å². The Morgan fingerprint density at radius 1 is 1.20 bits per heavy atom. The zero-order chi connectivity index (χ0) is 21.7.